The Bertz CT molecular complexity index is 1480. The molecule has 0 unspecified atom stereocenters. The van der Waals surface area contributed by atoms with Gasteiger partial charge in [-0.05, 0) is 61.1 Å². The fraction of sp³-hybridized carbons (Fsp3) is 0.281. The maximum absolute atomic E-state index is 12.8. The molecule has 1 heterocycles. The minimum Gasteiger partial charge on any atom is -0.445 e. The summed E-state index contributed by atoms with van der Waals surface area (Å²) in [5, 5.41) is 3.36. The van der Waals surface area contributed by atoms with Gasteiger partial charge in [-0.15, -0.1) is 0 Å². The van der Waals surface area contributed by atoms with Gasteiger partial charge in [0.1, 0.15) is 17.9 Å². The summed E-state index contributed by atoms with van der Waals surface area (Å²) in [6.45, 7) is 4.42. The molecule has 0 aliphatic carbocycles. The van der Waals surface area contributed by atoms with Gasteiger partial charge in [-0.3, -0.25) is 4.79 Å². The maximum Gasteiger partial charge on any atom is 0.407 e. The first-order chi connectivity index (χ1) is 18.9. The van der Waals surface area contributed by atoms with Crippen molar-refractivity contribution in [2.45, 2.75) is 52.6 Å². The number of rotatable bonds is 11. The Kier molecular flexibility index (Phi) is 9.51. The van der Waals surface area contributed by atoms with Crippen LogP contribution in [0.1, 0.15) is 53.5 Å². The fourth-order valence-corrected chi connectivity index (χ4v) is 4.43. The van der Waals surface area contributed by atoms with Crippen molar-refractivity contribution in [2.24, 2.45) is 0 Å². The van der Waals surface area contributed by atoms with Crippen LogP contribution < -0.4 is 15.7 Å². The van der Waals surface area contributed by atoms with E-state index in [2.05, 4.69) is 5.32 Å². The Balaban J connectivity index is 1.29. The number of unbranched alkanes of at least 4 members (excludes halogenated alkanes) is 2. The van der Waals surface area contributed by atoms with Crippen LogP contribution in [0.25, 0.3) is 11.0 Å². The summed E-state index contributed by atoms with van der Waals surface area (Å²) in [7, 11) is 0. The first kappa shape index (κ1) is 27.6. The zero-order valence-electron chi connectivity index (χ0n) is 22.3. The molecule has 39 heavy (non-hydrogen) atoms. The summed E-state index contributed by atoms with van der Waals surface area (Å²) in [4.78, 5) is 37.3. The molecule has 202 valence electrons. The van der Waals surface area contributed by atoms with Gasteiger partial charge in [0.15, 0.2) is 0 Å². The number of esters is 1. The molecule has 4 rings (SSSR count). The Morgan fingerprint density at radius 3 is 2.28 bits per heavy atom. The quantitative estimate of drug-likeness (QED) is 0.105. The number of aryl methyl sites for hydroxylation is 2. The second-order valence-electron chi connectivity index (χ2n) is 9.56. The number of amides is 1. The zero-order chi connectivity index (χ0) is 27.6. The number of hydrogen-bond donors (Lipinski definition) is 1. The van der Waals surface area contributed by atoms with Crippen molar-refractivity contribution < 1.29 is 23.5 Å². The summed E-state index contributed by atoms with van der Waals surface area (Å²) >= 11 is 0. The average Bonchev–Trinajstić information content (AvgIpc) is 2.92. The van der Waals surface area contributed by atoms with E-state index in [1.165, 1.54) is 0 Å². The van der Waals surface area contributed by atoms with Crippen LogP contribution in [0.3, 0.4) is 0 Å². The lowest BCUT2D eigenvalue weighted by Crippen LogP contribution is -2.25. The molecular weight excluding hydrogens is 494 g/mol. The molecular formula is C32H33NO6. The van der Waals surface area contributed by atoms with Crippen molar-refractivity contribution in [3.8, 4) is 5.75 Å². The molecule has 7 nitrogen and oxygen atoms in total. The highest BCUT2D eigenvalue weighted by Gasteiger charge is 2.18. The molecule has 0 saturated carbocycles. The molecule has 0 spiro atoms. The van der Waals surface area contributed by atoms with Gasteiger partial charge in [0.2, 0.25) is 0 Å². The molecule has 0 atom stereocenters. The lowest BCUT2D eigenvalue weighted by Gasteiger charge is -2.13. The third-order valence-electron chi connectivity index (χ3n) is 6.47. The van der Waals surface area contributed by atoms with Crippen LogP contribution in [0.4, 0.5) is 4.79 Å². The van der Waals surface area contributed by atoms with Gasteiger partial charge >= 0.3 is 17.7 Å². The minimum atomic E-state index is -0.460. The molecule has 4 aromatic rings. The van der Waals surface area contributed by atoms with Crippen molar-refractivity contribution >= 4 is 23.0 Å². The van der Waals surface area contributed by atoms with Crippen LogP contribution >= 0.6 is 0 Å². The number of hydrogen-bond acceptors (Lipinski definition) is 6. The van der Waals surface area contributed by atoms with Gasteiger partial charge in [-0.25, -0.2) is 9.59 Å². The van der Waals surface area contributed by atoms with E-state index in [0.29, 0.717) is 48.1 Å². The largest absolute Gasteiger partial charge is 0.445 e. The summed E-state index contributed by atoms with van der Waals surface area (Å²) in [6.07, 6.45) is 2.29. The smallest absolute Gasteiger partial charge is 0.407 e. The van der Waals surface area contributed by atoms with Crippen molar-refractivity contribution in [3.63, 3.8) is 0 Å². The van der Waals surface area contributed by atoms with Gasteiger partial charge in [0.25, 0.3) is 0 Å². The summed E-state index contributed by atoms with van der Waals surface area (Å²) in [5.74, 6) is 0.0423. The van der Waals surface area contributed by atoms with Gasteiger partial charge in [-0.2, -0.15) is 0 Å². The van der Waals surface area contributed by atoms with Crippen molar-refractivity contribution in [1.29, 1.82) is 0 Å². The maximum atomic E-state index is 12.8. The highest BCUT2D eigenvalue weighted by molar-refractivity contribution is 5.90. The topological polar surface area (TPSA) is 94.8 Å². The molecule has 1 aromatic heterocycles. The van der Waals surface area contributed by atoms with Crippen LogP contribution in [0, 0.1) is 13.8 Å². The van der Waals surface area contributed by atoms with Crippen molar-refractivity contribution in [1.82, 2.24) is 5.32 Å². The second-order valence-corrected chi connectivity index (χ2v) is 9.56. The standard InChI is InChI=1S/C32H33NO6/c1-22-18-27(30-23(2)26(31(35)39-28(30)19-22)20-24-12-6-3-7-13-24)38-29(34)16-10-5-11-17-33-32(36)37-21-25-14-8-4-9-15-25/h3-4,6-9,12-15,18-19H,5,10-11,16-17,20-21H2,1-2H3,(H,33,36). The van der Waals surface area contributed by atoms with Crippen LogP contribution in [-0.4, -0.2) is 18.6 Å². The van der Waals surface area contributed by atoms with Crippen LogP contribution in [0.2, 0.25) is 0 Å². The number of carbonyl (C=O) groups excluding carboxylic acids is 2. The Morgan fingerprint density at radius 1 is 0.872 bits per heavy atom. The summed E-state index contributed by atoms with van der Waals surface area (Å²) < 4.78 is 16.6. The first-order valence-corrected chi connectivity index (χ1v) is 13.2. The normalized spacial score (nSPS) is 10.8. The SMILES string of the molecule is Cc1cc(OC(=O)CCCCCNC(=O)OCc2ccccc2)c2c(C)c(Cc3ccccc3)c(=O)oc2c1. The van der Waals surface area contributed by atoms with Gasteiger partial charge in [-0.1, -0.05) is 67.1 Å². The average molecular weight is 528 g/mol. The number of carbonyl (C=O) groups is 2. The van der Waals surface area contributed by atoms with E-state index in [0.717, 1.165) is 28.7 Å². The van der Waals surface area contributed by atoms with Crippen LogP contribution in [-0.2, 0) is 22.6 Å². The summed E-state index contributed by atoms with van der Waals surface area (Å²) in [5.41, 5.74) is 4.07. The monoisotopic (exact) mass is 527 g/mol. The third kappa shape index (κ3) is 7.80. The molecule has 0 saturated heterocycles. The van der Waals surface area contributed by atoms with Crippen molar-refractivity contribution in [2.75, 3.05) is 6.54 Å². The number of ether oxygens (including phenoxy) is 2. The zero-order valence-corrected chi connectivity index (χ0v) is 22.3. The van der Waals surface area contributed by atoms with E-state index < -0.39 is 6.09 Å². The minimum absolute atomic E-state index is 0.225. The van der Waals surface area contributed by atoms with E-state index in [9.17, 15) is 14.4 Å². The van der Waals surface area contributed by atoms with Gasteiger partial charge in [0.05, 0.1) is 5.39 Å². The van der Waals surface area contributed by atoms with Crippen LogP contribution in [0.5, 0.6) is 5.75 Å². The summed E-state index contributed by atoms with van der Waals surface area (Å²) in [6, 6.07) is 22.8. The molecule has 7 heteroatoms. The lowest BCUT2D eigenvalue weighted by atomic mass is 9.98. The molecule has 3 aromatic carbocycles. The molecule has 0 aliphatic rings. The van der Waals surface area contributed by atoms with E-state index in [1.807, 2.05) is 74.5 Å². The highest BCUT2D eigenvalue weighted by Crippen LogP contribution is 2.32. The Hall–Kier alpha value is -4.39. The number of alkyl carbamates (subject to hydrolysis) is 1. The van der Waals surface area contributed by atoms with E-state index >= 15 is 0 Å². The predicted octanol–water partition coefficient (Wildman–Crippen LogP) is 6.39. The molecule has 1 amide bonds. The lowest BCUT2D eigenvalue weighted by molar-refractivity contribution is -0.134. The molecule has 0 bridgehead atoms. The third-order valence-corrected chi connectivity index (χ3v) is 6.47. The molecule has 0 aliphatic heterocycles. The Morgan fingerprint density at radius 2 is 1.56 bits per heavy atom. The molecule has 0 radical (unpaired) electrons. The molecule has 1 N–H and O–H groups in total. The predicted molar refractivity (Wildman–Crippen MR) is 150 cm³/mol. The van der Waals surface area contributed by atoms with E-state index in [1.54, 1.807) is 12.1 Å². The highest BCUT2D eigenvalue weighted by atomic mass is 16.5. The number of benzene rings is 3. The second kappa shape index (κ2) is 13.4. The Labute approximate surface area is 227 Å². The van der Waals surface area contributed by atoms with Crippen molar-refractivity contribution in [3.05, 3.63) is 111 Å². The van der Waals surface area contributed by atoms with E-state index in [4.69, 9.17) is 13.9 Å². The first-order valence-electron chi connectivity index (χ1n) is 13.2. The molecule has 0 fully saturated rings. The fourth-order valence-electron chi connectivity index (χ4n) is 4.43. The number of nitrogens with one attached hydrogen (secondary N) is 1. The van der Waals surface area contributed by atoms with Crippen LogP contribution in [0.15, 0.2) is 82.0 Å². The van der Waals surface area contributed by atoms with Gasteiger partial charge < -0.3 is 19.2 Å². The van der Waals surface area contributed by atoms with E-state index in [-0.39, 0.29) is 24.6 Å². The number of fused-ring (bicyclic) bond motifs is 1. The van der Waals surface area contributed by atoms with Gasteiger partial charge in [0, 0.05) is 24.9 Å².